The van der Waals surface area contributed by atoms with Gasteiger partial charge in [-0.2, -0.15) is 10.5 Å². The van der Waals surface area contributed by atoms with Crippen LogP contribution in [0.3, 0.4) is 0 Å². The van der Waals surface area contributed by atoms with Crippen molar-refractivity contribution in [1.29, 1.82) is 10.5 Å². The van der Waals surface area contributed by atoms with Crippen LogP contribution in [0.15, 0.2) is 29.8 Å². The van der Waals surface area contributed by atoms with Gasteiger partial charge >= 0.3 is 5.97 Å². The Balaban J connectivity index is 2.45. The van der Waals surface area contributed by atoms with Gasteiger partial charge in [0.15, 0.2) is 6.61 Å². The smallest absolute Gasteiger partial charge is 0.340 e. The van der Waals surface area contributed by atoms with Gasteiger partial charge in [0.05, 0.1) is 17.9 Å². The lowest BCUT2D eigenvalue weighted by Crippen LogP contribution is -2.08. The molecule has 0 saturated carbocycles. The average Bonchev–Trinajstić information content (AvgIpc) is 2.99. The summed E-state index contributed by atoms with van der Waals surface area (Å²) in [6.07, 6.45) is 1.40. The number of ketones is 1. The molecular formula is C21H19N3O4. The first-order chi connectivity index (χ1) is 13.4. The maximum atomic E-state index is 12.9. The van der Waals surface area contributed by atoms with Gasteiger partial charge in [-0.1, -0.05) is 18.2 Å². The molecule has 0 aliphatic carbocycles. The van der Waals surface area contributed by atoms with Crippen molar-refractivity contribution >= 4 is 17.8 Å². The Morgan fingerprint density at radius 2 is 1.93 bits per heavy atom. The quantitative estimate of drug-likeness (QED) is 0.342. The number of para-hydroxylation sites is 1. The Morgan fingerprint density at radius 3 is 2.57 bits per heavy atom. The predicted octanol–water partition coefficient (Wildman–Crippen LogP) is 3.50. The first-order valence-corrected chi connectivity index (χ1v) is 8.56. The summed E-state index contributed by atoms with van der Waals surface area (Å²) in [7, 11) is 0. The van der Waals surface area contributed by atoms with Crippen molar-refractivity contribution in [2.75, 3.05) is 13.2 Å². The van der Waals surface area contributed by atoms with E-state index in [1.807, 2.05) is 12.1 Å². The number of hydrogen-bond acceptors (Lipinski definition) is 6. The summed E-state index contributed by atoms with van der Waals surface area (Å²) in [5.41, 5.74) is 1.73. The molecule has 0 spiro atoms. The van der Waals surface area contributed by atoms with Crippen LogP contribution >= 0.6 is 0 Å². The molecule has 1 N–H and O–H groups in total. The summed E-state index contributed by atoms with van der Waals surface area (Å²) in [6, 6.07) is 10.5. The summed E-state index contributed by atoms with van der Waals surface area (Å²) in [4.78, 5) is 27.9. The van der Waals surface area contributed by atoms with E-state index in [1.54, 1.807) is 45.0 Å². The Labute approximate surface area is 162 Å². The number of Topliss-reactive ketones (excluding diaryl/α,β-unsaturated/α-hetero) is 1. The lowest BCUT2D eigenvalue weighted by atomic mass is 10.0. The van der Waals surface area contributed by atoms with Crippen molar-refractivity contribution in [3.05, 3.63) is 57.9 Å². The maximum Gasteiger partial charge on any atom is 0.340 e. The van der Waals surface area contributed by atoms with Crippen molar-refractivity contribution in [1.82, 2.24) is 4.98 Å². The lowest BCUT2D eigenvalue weighted by molar-refractivity contribution is 0.0525. The van der Waals surface area contributed by atoms with Crippen molar-refractivity contribution < 1.29 is 19.1 Å². The van der Waals surface area contributed by atoms with E-state index in [0.29, 0.717) is 28.1 Å². The van der Waals surface area contributed by atoms with Gasteiger partial charge in [-0.05, 0) is 38.5 Å². The van der Waals surface area contributed by atoms with Gasteiger partial charge in [0.1, 0.15) is 23.5 Å². The fourth-order valence-corrected chi connectivity index (χ4v) is 2.77. The van der Waals surface area contributed by atoms with Crippen molar-refractivity contribution in [3.63, 3.8) is 0 Å². The van der Waals surface area contributed by atoms with Crippen LogP contribution in [0.4, 0.5) is 0 Å². The topological polar surface area (TPSA) is 116 Å². The highest BCUT2D eigenvalue weighted by Crippen LogP contribution is 2.25. The third-order valence-corrected chi connectivity index (χ3v) is 4.02. The Morgan fingerprint density at radius 1 is 1.21 bits per heavy atom. The minimum absolute atomic E-state index is 0.132. The number of esters is 1. The number of benzene rings is 1. The number of carbonyl (C=O) groups excluding carboxylic acids is 2. The van der Waals surface area contributed by atoms with Gasteiger partial charge < -0.3 is 14.5 Å². The zero-order valence-corrected chi connectivity index (χ0v) is 15.8. The lowest BCUT2D eigenvalue weighted by Gasteiger charge is -2.06. The Hall–Kier alpha value is -3.84. The van der Waals surface area contributed by atoms with E-state index in [1.165, 1.54) is 6.08 Å². The van der Waals surface area contributed by atoms with Gasteiger partial charge in [0.25, 0.3) is 0 Å². The van der Waals surface area contributed by atoms with Crippen LogP contribution in [0.1, 0.15) is 44.6 Å². The summed E-state index contributed by atoms with van der Waals surface area (Å²) in [6.45, 7) is 5.05. The zero-order valence-electron chi connectivity index (χ0n) is 15.8. The second kappa shape index (κ2) is 9.20. The second-order valence-corrected chi connectivity index (χ2v) is 5.83. The van der Waals surface area contributed by atoms with Crippen molar-refractivity contribution in [3.8, 4) is 17.9 Å². The van der Waals surface area contributed by atoms with E-state index in [0.717, 1.165) is 0 Å². The fraction of sp³-hybridized carbons (Fsp3) is 0.238. The number of hydrogen-bond donors (Lipinski definition) is 1. The minimum Gasteiger partial charge on any atom is -0.478 e. The molecule has 1 aromatic heterocycles. The number of rotatable bonds is 7. The number of nitrogens with one attached hydrogen (secondary N) is 1. The first-order valence-electron chi connectivity index (χ1n) is 8.56. The van der Waals surface area contributed by atoms with Crippen molar-refractivity contribution in [2.45, 2.75) is 20.8 Å². The number of allylic oxidation sites excluding steroid dienone is 1. The molecule has 0 unspecified atom stereocenters. The molecule has 0 atom stereocenters. The largest absolute Gasteiger partial charge is 0.478 e. The standard InChI is InChI=1S/C21H19N3O4/c1-4-27-21(26)18-13(2)19(24-14(18)3)20(25)16(12-23)11-15-7-5-6-8-17(15)28-10-9-22/h5-8,11,24H,4,10H2,1-3H3/b16-11+. The highest BCUT2D eigenvalue weighted by atomic mass is 16.5. The second-order valence-electron chi connectivity index (χ2n) is 5.83. The van der Waals surface area contributed by atoms with Crippen LogP contribution in [-0.2, 0) is 4.74 Å². The highest BCUT2D eigenvalue weighted by molar-refractivity contribution is 6.15. The molecule has 1 aromatic carbocycles. The number of ether oxygens (including phenoxy) is 2. The van der Waals surface area contributed by atoms with E-state index in [-0.39, 0.29) is 24.5 Å². The molecule has 7 heteroatoms. The summed E-state index contributed by atoms with van der Waals surface area (Å²) >= 11 is 0. The van der Waals surface area contributed by atoms with E-state index in [2.05, 4.69) is 4.98 Å². The molecule has 0 amide bonds. The molecule has 1 heterocycles. The molecular weight excluding hydrogens is 358 g/mol. The Bertz CT molecular complexity index is 1020. The van der Waals surface area contributed by atoms with Crippen LogP contribution in [-0.4, -0.2) is 30.0 Å². The normalized spacial score (nSPS) is 10.7. The molecule has 0 aliphatic heterocycles. The minimum atomic E-state index is -0.547. The van der Waals surface area contributed by atoms with Crippen LogP contribution < -0.4 is 4.74 Å². The Kier molecular flexibility index (Phi) is 6.73. The molecule has 2 rings (SSSR count). The predicted molar refractivity (Wildman–Crippen MR) is 102 cm³/mol. The zero-order chi connectivity index (χ0) is 20.7. The summed E-state index contributed by atoms with van der Waals surface area (Å²) < 4.78 is 10.4. The number of H-pyrrole nitrogens is 1. The van der Waals surface area contributed by atoms with E-state index in [4.69, 9.17) is 14.7 Å². The molecule has 0 fully saturated rings. The molecule has 0 aliphatic rings. The van der Waals surface area contributed by atoms with Gasteiger partial charge in [-0.15, -0.1) is 0 Å². The van der Waals surface area contributed by atoms with Crippen LogP contribution in [0.2, 0.25) is 0 Å². The number of nitriles is 2. The summed E-state index contributed by atoms with van der Waals surface area (Å²) in [5.74, 6) is -0.685. The van der Waals surface area contributed by atoms with E-state index in [9.17, 15) is 14.9 Å². The molecule has 0 saturated heterocycles. The number of aromatic amines is 1. The number of aromatic nitrogens is 1. The number of nitrogens with zero attached hydrogens (tertiary/aromatic N) is 2. The fourth-order valence-electron chi connectivity index (χ4n) is 2.77. The maximum absolute atomic E-state index is 12.9. The molecule has 0 radical (unpaired) electrons. The van der Waals surface area contributed by atoms with Gasteiger partial charge in [0, 0.05) is 11.3 Å². The van der Waals surface area contributed by atoms with Gasteiger partial charge in [-0.3, -0.25) is 4.79 Å². The molecule has 28 heavy (non-hydrogen) atoms. The highest BCUT2D eigenvalue weighted by Gasteiger charge is 2.25. The van der Waals surface area contributed by atoms with Crippen LogP contribution in [0.5, 0.6) is 5.75 Å². The molecule has 0 bridgehead atoms. The summed E-state index contributed by atoms with van der Waals surface area (Å²) in [5, 5.41) is 18.2. The monoisotopic (exact) mass is 377 g/mol. The molecule has 142 valence electrons. The van der Waals surface area contributed by atoms with Crippen LogP contribution in [0, 0.1) is 36.5 Å². The molecule has 2 aromatic rings. The van der Waals surface area contributed by atoms with E-state index < -0.39 is 11.8 Å². The third kappa shape index (κ3) is 4.28. The molecule has 7 nitrogen and oxygen atoms in total. The van der Waals surface area contributed by atoms with Gasteiger partial charge in [0.2, 0.25) is 5.78 Å². The van der Waals surface area contributed by atoms with Crippen LogP contribution in [0.25, 0.3) is 6.08 Å². The first kappa shape index (κ1) is 20.5. The third-order valence-electron chi connectivity index (χ3n) is 4.02. The van der Waals surface area contributed by atoms with Crippen molar-refractivity contribution in [2.24, 2.45) is 0 Å². The number of carbonyl (C=O) groups is 2. The van der Waals surface area contributed by atoms with Gasteiger partial charge in [-0.25, -0.2) is 4.79 Å². The SMILES string of the molecule is CCOC(=O)c1c(C)[nH]c(C(=O)/C(C#N)=C/c2ccccc2OCC#N)c1C. The average molecular weight is 377 g/mol. The van der Waals surface area contributed by atoms with E-state index >= 15 is 0 Å². The number of aryl methyl sites for hydroxylation is 1.